The van der Waals surface area contributed by atoms with E-state index in [-0.39, 0.29) is 0 Å². The number of hydrogen-bond donors (Lipinski definition) is 1. The summed E-state index contributed by atoms with van der Waals surface area (Å²) in [6.45, 7) is 4.28. The van der Waals surface area contributed by atoms with Crippen LogP contribution >= 0.6 is 11.6 Å². The van der Waals surface area contributed by atoms with Crippen LogP contribution < -0.4 is 9.47 Å². The zero-order valence-electron chi connectivity index (χ0n) is 12.1. The number of halogens is 1. The summed E-state index contributed by atoms with van der Waals surface area (Å²) in [6.07, 6.45) is 2.34. The Morgan fingerprint density at radius 1 is 1.16 bits per heavy atom. The number of ether oxygens (including phenoxy) is 2. The second-order valence-corrected chi connectivity index (χ2v) is 5.08. The molecule has 19 heavy (non-hydrogen) atoms. The summed E-state index contributed by atoms with van der Waals surface area (Å²) >= 11 is 6.15. The highest BCUT2D eigenvalue weighted by molar-refractivity contribution is 6.32. The number of aliphatic hydroxyl groups excluding tert-OH is 1. The third-order valence-electron chi connectivity index (χ3n) is 3.55. The van der Waals surface area contributed by atoms with Crippen molar-refractivity contribution in [3.63, 3.8) is 0 Å². The third kappa shape index (κ3) is 4.02. The minimum absolute atomic E-state index is 0.459. The molecule has 0 saturated heterocycles. The van der Waals surface area contributed by atoms with Crippen LogP contribution in [0.25, 0.3) is 0 Å². The monoisotopic (exact) mass is 286 g/mol. The van der Waals surface area contributed by atoms with Crippen molar-refractivity contribution in [3.8, 4) is 11.5 Å². The van der Waals surface area contributed by atoms with E-state index in [1.165, 1.54) is 0 Å². The number of aliphatic hydroxyl groups is 1. The standard InChI is InChI=1S/C15H23ClO3/c1-5-10(6-2)7-13(17)11-8-12(16)15(19-4)14(9-11)18-3/h8-10,13,17H,5-7H2,1-4H3. The predicted molar refractivity (Wildman–Crippen MR) is 78.2 cm³/mol. The Labute approximate surface area is 120 Å². The van der Waals surface area contributed by atoms with E-state index in [4.69, 9.17) is 21.1 Å². The van der Waals surface area contributed by atoms with Gasteiger partial charge in [0, 0.05) is 0 Å². The van der Waals surface area contributed by atoms with E-state index in [0.29, 0.717) is 22.4 Å². The predicted octanol–water partition coefficient (Wildman–Crippen LogP) is 4.22. The van der Waals surface area contributed by atoms with Gasteiger partial charge in [-0.2, -0.15) is 0 Å². The Balaban J connectivity index is 2.97. The second kappa shape index (κ2) is 7.61. The molecule has 1 aromatic carbocycles. The fraction of sp³-hybridized carbons (Fsp3) is 0.600. The van der Waals surface area contributed by atoms with Crippen molar-refractivity contribution in [2.45, 2.75) is 39.2 Å². The van der Waals surface area contributed by atoms with Gasteiger partial charge in [0.1, 0.15) is 0 Å². The average molecular weight is 287 g/mol. The fourth-order valence-electron chi connectivity index (χ4n) is 2.20. The minimum atomic E-state index is -0.526. The molecule has 0 aliphatic heterocycles. The molecule has 4 heteroatoms. The lowest BCUT2D eigenvalue weighted by Gasteiger charge is -2.19. The van der Waals surface area contributed by atoms with Gasteiger partial charge in [-0.25, -0.2) is 0 Å². The average Bonchev–Trinajstić information content (AvgIpc) is 2.43. The summed E-state index contributed by atoms with van der Waals surface area (Å²) in [7, 11) is 3.11. The molecular weight excluding hydrogens is 264 g/mol. The number of methoxy groups -OCH3 is 2. The number of benzene rings is 1. The van der Waals surface area contributed by atoms with Gasteiger partial charge in [-0.15, -0.1) is 0 Å². The molecule has 1 atom stereocenters. The van der Waals surface area contributed by atoms with Crippen LogP contribution in [0.3, 0.4) is 0 Å². The van der Waals surface area contributed by atoms with Crippen molar-refractivity contribution in [1.82, 2.24) is 0 Å². The van der Waals surface area contributed by atoms with Crippen LogP contribution in [0.4, 0.5) is 0 Å². The molecule has 0 saturated carbocycles. The lowest BCUT2D eigenvalue weighted by molar-refractivity contribution is 0.141. The first-order chi connectivity index (χ1) is 9.07. The lowest BCUT2D eigenvalue weighted by atomic mass is 9.93. The summed E-state index contributed by atoms with van der Waals surface area (Å²) in [6, 6.07) is 3.54. The molecule has 1 rings (SSSR count). The molecule has 1 unspecified atom stereocenters. The smallest absolute Gasteiger partial charge is 0.179 e. The van der Waals surface area contributed by atoms with Gasteiger partial charge >= 0.3 is 0 Å². The summed E-state index contributed by atoms with van der Waals surface area (Å²) in [5, 5.41) is 10.8. The lowest BCUT2D eigenvalue weighted by Crippen LogP contribution is -2.06. The molecule has 0 fully saturated rings. The van der Waals surface area contributed by atoms with Gasteiger partial charge in [0.15, 0.2) is 11.5 Å². The van der Waals surface area contributed by atoms with Crippen molar-refractivity contribution < 1.29 is 14.6 Å². The Kier molecular flexibility index (Phi) is 6.46. The maximum Gasteiger partial charge on any atom is 0.179 e. The highest BCUT2D eigenvalue weighted by atomic mass is 35.5. The van der Waals surface area contributed by atoms with E-state index in [9.17, 15) is 5.11 Å². The summed E-state index contributed by atoms with van der Waals surface area (Å²) in [5.41, 5.74) is 0.773. The van der Waals surface area contributed by atoms with Gasteiger partial charge in [0.2, 0.25) is 0 Å². The van der Waals surface area contributed by atoms with E-state index in [1.54, 1.807) is 26.4 Å². The van der Waals surface area contributed by atoms with Crippen LogP contribution in [0.2, 0.25) is 5.02 Å². The maximum atomic E-state index is 10.3. The number of hydrogen-bond acceptors (Lipinski definition) is 3. The van der Waals surface area contributed by atoms with Gasteiger partial charge in [0.05, 0.1) is 25.3 Å². The zero-order valence-corrected chi connectivity index (χ0v) is 12.8. The van der Waals surface area contributed by atoms with E-state index in [2.05, 4.69) is 13.8 Å². The summed E-state index contributed by atoms with van der Waals surface area (Å²) in [5.74, 6) is 1.57. The van der Waals surface area contributed by atoms with Crippen LogP contribution in [0.15, 0.2) is 12.1 Å². The zero-order chi connectivity index (χ0) is 14.4. The van der Waals surface area contributed by atoms with Crippen LogP contribution in [-0.2, 0) is 0 Å². The summed E-state index contributed by atoms with van der Waals surface area (Å²) < 4.78 is 10.4. The molecule has 1 N–H and O–H groups in total. The molecule has 0 radical (unpaired) electrons. The molecule has 0 aliphatic carbocycles. The van der Waals surface area contributed by atoms with Crippen LogP contribution in [-0.4, -0.2) is 19.3 Å². The largest absolute Gasteiger partial charge is 0.493 e. The Bertz CT molecular complexity index is 403. The van der Waals surface area contributed by atoms with Gasteiger partial charge in [0.25, 0.3) is 0 Å². The third-order valence-corrected chi connectivity index (χ3v) is 3.83. The van der Waals surface area contributed by atoms with Crippen molar-refractivity contribution in [3.05, 3.63) is 22.7 Å². The molecule has 0 heterocycles. The molecule has 0 aromatic heterocycles. The minimum Gasteiger partial charge on any atom is -0.493 e. The first kappa shape index (κ1) is 16.1. The first-order valence-corrected chi connectivity index (χ1v) is 7.04. The number of rotatable bonds is 7. The molecule has 3 nitrogen and oxygen atoms in total. The Morgan fingerprint density at radius 3 is 2.26 bits per heavy atom. The van der Waals surface area contributed by atoms with Gasteiger partial charge in [-0.1, -0.05) is 38.3 Å². The van der Waals surface area contributed by atoms with Crippen molar-refractivity contribution in [1.29, 1.82) is 0 Å². The van der Waals surface area contributed by atoms with Crippen molar-refractivity contribution >= 4 is 11.6 Å². The van der Waals surface area contributed by atoms with Crippen molar-refractivity contribution in [2.24, 2.45) is 5.92 Å². The maximum absolute atomic E-state index is 10.3. The normalized spacial score (nSPS) is 12.6. The highest BCUT2D eigenvalue weighted by Crippen LogP contribution is 2.38. The highest BCUT2D eigenvalue weighted by Gasteiger charge is 2.18. The quantitative estimate of drug-likeness (QED) is 0.816. The second-order valence-electron chi connectivity index (χ2n) is 4.67. The molecule has 0 bridgehead atoms. The molecule has 0 aliphatic rings. The van der Waals surface area contributed by atoms with Crippen LogP contribution in [0.5, 0.6) is 11.5 Å². The fourth-order valence-corrected chi connectivity index (χ4v) is 2.50. The molecule has 108 valence electrons. The Hall–Kier alpha value is -0.930. The Morgan fingerprint density at radius 2 is 1.79 bits per heavy atom. The molecular formula is C15H23ClO3. The van der Waals surface area contributed by atoms with E-state index < -0.39 is 6.10 Å². The molecule has 0 spiro atoms. The van der Waals surface area contributed by atoms with Crippen LogP contribution in [0, 0.1) is 5.92 Å². The molecule has 1 aromatic rings. The van der Waals surface area contributed by atoms with Gasteiger partial charge in [-0.05, 0) is 30.0 Å². The van der Waals surface area contributed by atoms with Gasteiger partial charge in [-0.3, -0.25) is 0 Å². The topological polar surface area (TPSA) is 38.7 Å². The van der Waals surface area contributed by atoms with E-state index in [0.717, 1.165) is 24.8 Å². The van der Waals surface area contributed by atoms with Crippen molar-refractivity contribution in [2.75, 3.05) is 14.2 Å². The van der Waals surface area contributed by atoms with E-state index in [1.807, 2.05) is 0 Å². The molecule has 0 amide bonds. The first-order valence-electron chi connectivity index (χ1n) is 6.66. The SMILES string of the molecule is CCC(CC)CC(O)c1cc(Cl)c(OC)c(OC)c1. The van der Waals surface area contributed by atoms with Gasteiger partial charge < -0.3 is 14.6 Å². The summed E-state index contributed by atoms with van der Waals surface area (Å²) in [4.78, 5) is 0. The van der Waals surface area contributed by atoms with E-state index >= 15 is 0 Å². The van der Waals surface area contributed by atoms with Crippen LogP contribution in [0.1, 0.15) is 44.8 Å².